The van der Waals surface area contributed by atoms with Crippen LogP contribution in [-0.4, -0.2) is 11.7 Å². The van der Waals surface area contributed by atoms with E-state index in [9.17, 15) is 0 Å². The Bertz CT molecular complexity index is 475. The van der Waals surface area contributed by atoms with Gasteiger partial charge < -0.3 is 10.6 Å². The third-order valence-electron chi connectivity index (χ3n) is 2.31. The molecule has 66 valence electrons. The Hall–Kier alpha value is -1.29. The summed E-state index contributed by atoms with van der Waals surface area (Å²) in [5.74, 6) is 0. The van der Waals surface area contributed by atoms with E-state index in [1.54, 1.807) is 11.3 Å². The van der Waals surface area contributed by atoms with Crippen LogP contribution in [0, 0.1) is 6.92 Å². The fourth-order valence-corrected chi connectivity index (χ4v) is 2.72. The number of anilines is 2. The van der Waals surface area contributed by atoms with Gasteiger partial charge in [-0.05, 0) is 13.0 Å². The van der Waals surface area contributed by atoms with Gasteiger partial charge in [-0.25, -0.2) is 4.98 Å². The molecule has 0 aromatic carbocycles. The number of hydrogen-bond acceptors (Lipinski definition) is 4. The Morgan fingerprint density at radius 1 is 1.46 bits per heavy atom. The van der Waals surface area contributed by atoms with E-state index >= 15 is 0 Å². The van der Waals surface area contributed by atoms with Crippen LogP contribution in [0.25, 0.3) is 10.2 Å². The molecule has 0 unspecified atom stereocenters. The minimum absolute atomic E-state index is 0.809. The summed E-state index contributed by atoms with van der Waals surface area (Å²) in [6, 6.07) is 2.03. The van der Waals surface area contributed by atoms with Crippen LogP contribution >= 0.6 is 11.3 Å². The molecular formula is C9H9N3S. The number of rotatable bonds is 0. The van der Waals surface area contributed by atoms with Gasteiger partial charge in [0, 0.05) is 16.8 Å². The zero-order chi connectivity index (χ0) is 8.84. The van der Waals surface area contributed by atoms with E-state index < -0.39 is 0 Å². The van der Waals surface area contributed by atoms with Crippen molar-refractivity contribution in [3.8, 4) is 0 Å². The van der Waals surface area contributed by atoms with Crippen LogP contribution in [0.2, 0.25) is 0 Å². The molecule has 0 saturated heterocycles. The fraction of sp³-hybridized carbons (Fsp3) is 0.222. The van der Waals surface area contributed by atoms with Crippen LogP contribution in [-0.2, 0) is 0 Å². The van der Waals surface area contributed by atoms with E-state index in [0.717, 1.165) is 11.5 Å². The van der Waals surface area contributed by atoms with Crippen LogP contribution in [0.5, 0.6) is 0 Å². The van der Waals surface area contributed by atoms with E-state index in [-0.39, 0.29) is 0 Å². The van der Waals surface area contributed by atoms with E-state index in [4.69, 9.17) is 0 Å². The van der Waals surface area contributed by atoms with Crippen molar-refractivity contribution in [3.63, 3.8) is 0 Å². The monoisotopic (exact) mass is 191 g/mol. The summed E-state index contributed by atoms with van der Waals surface area (Å²) >= 11 is 1.74. The lowest BCUT2D eigenvalue weighted by atomic mass is 10.2. The molecule has 0 aliphatic carbocycles. The Morgan fingerprint density at radius 3 is 3.31 bits per heavy atom. The summed E-state index contributed by atoms with van der Waals surface area (Å²) in [6.45, 7) is 2.94. The first kappa shape index (κ1) is 7.15. The molecular weight excluding hydrogens is 182 g/mol. The number of thiophene rings is 1. The molecule has 2 aromatic heterocycles. The number of nitrogens with zero attached hydrogens (tertiary/aromatic N) is 1. The summed E-state index contributed by atoms with van der Waals surface area (Å²) in [5.41, 5.74) is 2.45. The van der Waals surface area contributed by atoms with E-state index in [0.29, 0.717) is 0 Å². The van der Waals surface area contributed by atoms with Gasteiger partial charge in [-0.2, -0.15) is 0 Å². The molecule has 3 rings (SSSR count). The molecule has 3 nitrogen and oxygen atoms in total. The lowest BCUT2D eigenvalue weighted by Crippen LogP contribution is -2.16. The molecule has 1 aliphatic rings. The second kappa shape index (κ2) is 2.35. The first-order chi connectivity index (χ1) is 6.36. The minimum Gasteiger partial charge on any atom is -0.367 e. The van der Waals surface area contributed by atoms with Crippen molar-refractivity contribution in [1.29, 1.82) is 0 Å². The number of hydrogen-bond donors (Lipinski definition) is 2. The van der Waals surface area contributed by atoms with E-state index in [1.165, 1.54) is 21.6 Å². The SMILES string of the molecule is Cc1sc2nccc3c2c1NCN3. The average Bonchev–Trinajstić information content (AvgIpc) is 2.47. The maximum Gasteiger partial charge on any atom is 0.127 e. The van der Waals surface area contributed by atoms with Crippen LogP contribution in [0.15, 0.2) is 12.3 Å². The molecule has 0 bridgehead atoms. The maximum atomic E-state index is 4.34. The smallest absolute Gasteiger partial charge is 0.127 e. The molecule has 0 saturated carbocycles. The molecule has 2 N–H and O–H groups in total. The van der Waals surface area contributed by atoms with Crippen LogP contribution in [0.1, 0.15) is 4.88 Å². The van der Waals surface area contributed by atoms with Crippen molar-refractivity contribution in [2.75, 3.05) is 17.3 Å². The van der Waals surface area contributed by atoms with Gasteiger partial charge in [0.05, 0.1) is 17.7 Å². The first-order valence-electron chi connectivity index (χ1n) is 4.22. The van der Waals surface area contributed by atoms with Crippen LogP contribution in [0.4, 0.5) is 11.4 Å². The Morgan fingerprint density at radius 2 is 2.38 bits per heavy atom. The van der Waals surface area contributed by atoms with Gasteiger partial charge in [-0.3, -0.25) is 0 Å². The third kappa shape index (κ3) is 0.862. The van der Waals surface area contributed by atoms with Crippen molar-refractivity contribution in [2.45, 2.75) is 6.92 Å². The third-order valence-corrected chi connectivity index (χ3v) is 3.33. The largest absolute Gasteiger partial charge is 0.367 e. The number of aryl methyl sites for hydroxylation is 1. The quantitative estimate of drug-likeness (QED) is 0.671. The Labute approximate surface area is 79.8 Å². The number of pyridine rings is 1. The van der Waals surface area contributed by atoms with Gasteiger partial charge in [0.1, 0.15) is 4.83 Å². The number of nitrogens with one attached hydrogen (secondary N) is 2. The highest BCUT2D eigenvalue weighted by Crippen LogP contribution is 2.39. The van der Waals surface area contributed by atoms with Gasteiger partial charge in [-0.15, -0.1) is 11.3 Å². The van der Waals surface area contributed by atoms with Gasteiger partial charge >= 0.3 is 0 Å². The molecule has 4 heteroatoms. The molecule has 0 radical (unpaired) electrons. The highest BCUT2D eigenvalue weighted by molar-refractivity contribution is 7.19. The minimum atomic E-state index is 0.809. The maximum absolute atomic E-state index is 4.34. The Balaban J connectivity index is 2.51. The number of aromatic nitrogens is 1. The zero-order valence-corrected chi connectivity index (χ0v) is 8.03. The second-order valence-electron chi connectivity index (χ2n) is 3.10. The average molecular weight is 191 g/mol. The molecule has 0 amide bonds. The summed E-state index contributed by atoms with van der Waals surface area (Å²) in [5, 5.41) is 7.88. The van der Waals surface area contributed by atoms with Crippen molar-refractivity contribution in [3.05, 3.63) is 17.1 Å². The molecule has 0 fully saturated rings. The summed E-state index contributed by atoms with van der Waals surface area (Å²) in [4.78, 5) is 6.78. The highest BCUT2D eigenvalue weighted by atomic mass is 32.1. The predicted octanol–water partition coefficient (Wildman–Crippen LogP) is 2.40. The normalized spacial score (nSPS) is 13.9. The summed E-state index contributed by atoms with van der Waals surface area (Å²) in [6.07, 6.45) is 1.86. The van der Waals surface area contributed by atoms with Gasteiger partial charge in [-0.1, -0.05) is 0 Å². The van der Waals surface area contributed by atoms with Gasteiger partial charge in [0.25, 0.3) is 0 Å². The predicted molar refractivity (Wildman–Crippen MR) is 56.5 cm³/mol. The van der Waals surface area contributed by atoms with Gasteiger partial charge in [0.15, 0.2) is 0 Å². The summed E-state index contributed by atoms with van der Waals surface area (Å²) in [7, 11) is 0. The van der Waals surface area contributed by atoms with Crippen molar-refractivity contribution >= 4 is 32.9 Å². The van der Waals surface area contributed by atoms with Crippen LogP contribution in [0.3, 0.4) is 0 Å². The topological polar surface area (TPSA) is 37.0 Å². The zero-order valence-electron chi connectivity index (χ0n) is 7.22. The lowest BCUT2D eigenvalue weighted by Gasteiger charge is -2.16. The van der Waals surface area contributed by atoms with Crippen molar-refractivity contribution in [2.24, 2.45) is 0 Å². The molecule has 1 aliphatic heterocycles. The molecule has 13 heavy (non-hydrogen) atoms. The van der Waals surface area contributed by atoms with Gasteiger partial charge in [0.2, 0.25) is 0 Å². The highest BCUT2D eigenvalue weighted by Gasteiger charge is 2.16. The molecule has 0 atom stereocenters. The molecule has 0 spiro atoms. The standard InChI is InChI=1S/C9H9N3S/c1-5-8-7-6(11-4-12-8)2-3-10-9(7)13-5/h2-3,11-12H,4H2,1H3. The molecule has 2 aromatic rings. The Kier molecular flexibility index (Phi) is 1.29. The fourth-order valence-electron chi connectivity index (χ4n) is 1.72. The van der Waals surface area contributed by atoms with Crippen LogP contribution < -0.4 is 10.6 Å². The summed E-state index contributed by atoms with van der Waals surface area (Å²) < 4.78 is 0. The van der Waals surface area contributed by atoms with E-state index in [2.05, 4.69) is 22.5 Å². The van der Waals surface area contributed by atoms with Crippen molar-refractivity contribution in [1.82, 2.24) is 4.98 Å². The van der Waals surface area contributed by atoms with Crippen molar-refractivity contribution < 1.29 is 0 Å². The van der Waals surface area contributed by atoms with E-state index in [1.807, 2.05) is 12.3 Å². The lowest BCUT2D eigenvalue weighted by molar-refractivity contribution is 1.20. The molecule has 3 heterocycles. The first-order valence-corrected chi connectivity index (χ1v) is 5.04. The second-order valence-corrected chi connectivity index (χ2v) is 4.31.